The van der Waals surface area contributed by atoms with Gasteiger partial charge in [0.15, 0.2) is 0 Å². The van der Waals surface area contributed by atoms with Gasteiger partial charge < -0.3 is 14.6 Å². The maximum Gasteiger partial charge on any atom is 0.494 e. The number of carbonyl (C=O) groups is 1. The molecule has 1 aliphatic rings. The van der Waals surface area contributed by atoms with E-state index in [0.29, 0.717) is 11.3 Å². The van der Waals surface area contributed by atoms with Crippen molar-refractivity contribution in [1.29, 1.82) is 0 Å². The highest BCUT2D eigenvalue weighted by atomic mass is 127. The van der Waals surface area contributed by atoms with Crippen LogP contribution in [0.1, 0.15) is 38.1 Å². The average Bonchev–Trinajstić information content (AvgIpc) is 2.78. The first-order chi connectivity index (χ1) is 12.1. The lowest BCUT2D eigenvalue weighted by molar-refractivity contribution is 0.00578. The van der Waals surface area contributed by atoms with Gasteiger partial charge in [0, 0.05) is 9.26 Å². The molecule has 0 atom stereocenters. The molecule has 7 heteroatoms. The van der Waals surface area contributed by atoms with Gasteiger partial charge in [-0.2, -0.15) is 0 Å². The van der Waals surface area contributed by atoms with Crippen molar-refractivity contribution in [3.63, 3.8) is 0 Å². The van der Waals surface area contributed by atoms with E-state index in [1.807, 2.05) is 39.8 Å². The van der Waals surface area contributed by atoms with Gasteiger partial charge in [0.05, 0.1) is 16.8 Å². The van der Waals surface area contributed by atoms with Gasteiger partial charge in [-0.05, 0) is 92.1 Å². The Hall–Kier alpha value is -1.45. The summed E-state index contributed by atoms with van der Waals surface area (Å²) in [6, 6.07) is 11.2. The largest absolute Gasteiger partial charge is 0.494 e. The third kappa shape index (κ3) is 3.79. The highest BCUT2D eigenvalue weighted by Crippen LogP contribution is 2.36. The summed E-state index contributed by atoms with van der Waals surface area (Å²) >= 11 is 2.11. The Morgan fingerprint density at radius 1 is 1.04 bits per heavy atom. The number of nitrogens with one attached hydrogen (secondary N) is 1. The average molecular weight is 467 g/mol. The molecule has 0 spiro atoms. The zero-order valence-electron chi connectivity index (χ0n) is 15.1. The second-order valence-corrected chi connectivity index (χ2v) is 8.45. The molecule has 1 aliphatic heterocycles. The standard InChI is InChI=1S/C19H20BFINO3/c1-18(2)19(3,4)26-20(25-18)12-5-10-16(22)15(11-12)17(24)23-14-8-6-13(21)7-9-14/h5-11H,1-4H3,(H,23,24). The van der Waals surface area contributed by atoms with Crippen LogP contribution in [0.3, 0.4) is 0 Å². The number of halogens is 2. The summed E-state index contributed by atoms with van der Waals surface area (Å²) in [6.45, 7) is 7.95. The molecule has 1 saturated heterocycles. The monoisotopic (exact) mass is 467 g/mol. The summed E-state index contributed by atoms with van der Waals surface area (Å²) in [5, 5.41) is 2.78. The minimum absolute atomic E-state index is 0.264. The van der Waals surface area contributed by atoms with Crippen molar-refractivity contribution < 1.29 is 18.5 Å². The molecular weight excluding hydrogens is 447 g/mol. The van der Waals surface area contributed by atoms with Crippen molar-refractivity contribution in [2.24, 2.45) is 0 Å². The van der Waals surface area contributed by atoms with Crippen LogP contribution in [0.4, 0.5) is 10.1 Å². The number of benzene rings is 2. The van der Waals surface area contributed by atoms with Crippen molar-refractivity contribution in [3.8, 4) is 0 Å². The van der Waals surface area contributed by atoms with Crippen molar-refractivity contribution in [2.45, 2.75) is 38.9 Å². The zero-order valence-corrected chi connectivity index (χ0v) is 17.3. The van der Waals surface area contributed by atoms with Gasteiger partial charge in [-0.1, -0.05) is 6.07 Å². The predicted molar refractivity (Wildman–Crippen MR) is 109 cm³/mol. The fourth-order valence-corrected chi connectivity index (χ4v) is 3.15. The number of rotatable bonds is 3. The molecule has 1 heterocycles. The van der Waals surface area contributed by atoms with Crippen LogP contribution in [0.2, 0.25) is 0 Å². The van der Waals surface area contributed by atoms with Crippen LogP contribution in [0, 0.1) is 9.39 Å². The van der Waals surface area contributed by atoms with E-state index in [4.69, 9.17) is 9.31 Å². The van der Waals surface area contributed by atoms with Gasteiger partial charge in [0.25, 0.3) is 5.91 Å². The normalized spacial score (nSPS) is 18.0. The number of anilines is 1. The lowest BCUT2D eigenvalue weighted by atomic mass is 9.78. The number of amides is 1. The molecule has 0 aliphatic carbocycles. The molecule has 1 N–H and O–H groups in total. The van der Waals surface area contributed by atoms with Gasteiger partial charge in [-0.3, -0.25) is 4.79 Å². The molecule has 1 fully saturated rings. The number of hydrogen-bond donors (Lipinski definition) is 1. The van der Waals surface area contributed by atoms with E-state index >= 15 is 0 Å². The molecule has 0 radical (unpaired) electrons. The van der Waals surface area contributed by atoms with Crippen molar-refractivity contribution >= 4 is 46.8 Å². The molecule has 2 aromatic carbocycles. The molecule has 4 nitrogen and oxygen atoms in total. The van der Waals surface area contributed by atoms with Gasteiger partial charge in [0.2, 0.25) is 0 Å². The molecule has 136 valence electrons. The van der Waals surface area contributed by atoms with E-state index in [1.54, 1.807) is 6.07 Å². The van der Waals surface area contributed by atoms with Crippen molar-refractivity contribution in [2.75, 3.05) is 5.32 Å². The SMILES string of the molecule is CC1(C)OB(c2ccc(I)c(C(=O)Nc3ccc(F)cc3)c2)OC1(C)C. The Bertz CT molecular complexity index is 823. The molecule has 0 unspecified atom stereocenters. The fraction of sp³-hybridized carbons (Fsp3) is 0.316. The minimum Gasteiger partial charge on any atom is -0.399 e. The van der Waals surface area contributed by atoms with Gasteiger partial charge in [-0.15, -0.1) is 0 Å². The highest BCUT2D eigenvalue weighted by Gasteiger charge is 2.51. The molecule has 2 aromatic rings. The lowest BCUT2D eigenvalue weighted by Gasteiger charge is -2.32. The summed E-state index contributed by atoms with van der Waals surface area (Å²) in [5.41, 5.74) is 0.942. The zero-order chi connectivity index (χ0) is 19.1. The second kappa shape index (κ2) is 6.94. The Labute approximate surface area is 166 Å². The Morgan fingerprint density at radius 2 is 1.62 bits per heavy atom. The van der Waals surface area contributed by atoms with Crippen LogP contribution in [-0.2, 0) is 9.31 Å². The van der Waals surface area contributed by atoms with Crippen LogP contribution < -0.4 is 10.8 Å². The summed E-state index contributed by atoms with van der Waals surface area (Å²) in [6.07, 6.45) is 0. The predicted octanol–water partition coefficient (Wildman–Crippen LogP) is 3.98. The Morgan fingerprint density at radius 3 is 2.19 bits per heavy atom. The first kappa shape index (κ1) is 19.3. The third-order valence-corrected chi connectivity index (χ3v) is 5.80. The van der Waals surface area contributed by atoms with E-state index in [-0.39, 0.29) is 11.7 Å². The quantitative estimate of drug-likeness (QED) is 0.549. The molecule has 1 amide bonds. The molecular formula is C19H20BFINO3. The van der Waals surface area contributed by atoms with Crippen LogP contribution in [0.15, 0.2) is 42.5 Å². The lowest BCUT2D eigenvalue weighted by Crippen LogP contribution is -2.41. The van der Waals surface area contributed by atoms with Crippen LogP contribution in [0.5, 0.6) is 0 Å². The Kier molecular flexibility index (Phi) is 5.16. The van der Waals surface area contributed by atoms with E-state index in [2.05, 4.69) is 27.9 Å². The van der Waals surface area contributed by atoms with E-state index < -0.39 is 18.3 Å². The fourth-order valence-electron chi connectivity index (χ4n) is 2.57. The summed E-state index contributed by atoms with van der Waals surface area (Å²) in [7, 11) is -0.533. The van der Waals surface area contributed by atoms with Crippen LogP contribution in [-0.4, -0.2) is 24.2 Å². The smallest absolute Gasteiger partial charge is 0.399 e. The second-order valence-electron chi connectivity index (χ2n) is 7.29. The van der Waals surface area contributed by atoms with Crippen molar-refractivity contribution in [3.05, 3.63) is 57.4 Å². The first-order valence-corrected chi connectivity index (χ1v) is 9.39. The van der Waals surface area contributed by atoms with Crippen molar-refractivity contribution in [1.82, 2.24) is 0 Å². The van der Waals surface area contributed by atoms with E-state index in [0.717, 1.165) is 9.03 Å². The summed E-state index contributed by atoms with van der Waals surface area (Å²) in [4.78, 5) is 12.7. The minimum atomic E-state index is -0.533. The molecule has 0 saturated carbocycles. The topological polar surface area (TPSA) is 47.6 Å². The molecule has 3 rings (SSSR count). The van der Waals surface area contributed by atoms with E-state index in [9.17, 15) is 9.18 Å². The van der Waals surface area contributed by atoms with E-state index in [1.165, 1.54) is 24.3 Å². The maximum absolute atomic E-state index is 13.0. The molecule has 0 aromatic heterocycles. The van der Waals surface area contributed by atoms with Crippen LogP contribution >= 0.6 is 22.6 Å². The number of carbonyl (C=O) groups excluding carboxylic acids is 1. The summed E-state index contributed by atoms with van der Waals surface area (Å²) in [5.74, 6) is -0.611. The summed E-state index contributed by atoms with van der Waals surface area (Å²) < 4.78 is 25.9. The van der Waals surface area contributed by atoms with Gasteiger partial charge in [0.1, 0.15) is 5.82 Å². The maximum atomic E-state index is 13.0. The van der Waals surface area contributed by atoms with Gasteiger partial charge in [-0.25, -0.2) is 4.39 Å². The number of hydrogen-bond acceptors (Lipinski definition) is 3. The molecule has 26 heavy (non-hydrogen) atoms. The van der Waals surface area contributed by atoms with Crippen LogP contribution in [0.25, 0.3) is 0 Å². The van der Waals surface area contributed by atoms with Gasteiger partial charge >= 0.3 is 7.12 Å². The Balaban J connectivity index is 1.84. The molecule has 0 bridgehead atoms. The first-order valence-electron chi connectivity index (χ1n) is 8.31. The third-order valence-electron chi connectivity index (χ3n) is 4.86. The highest BCUT2D eigenvalue weighted by molar-refractivity contribution is 14.1.